The van der Waals surface area contributed by atoms with Crippen LogP contribution in [0.25, 0.3) is 10.1 Å². The minimum Gasteiger partial charge on any atom is -0.388 e. The number of benzene rings is 2. The molecule has 12 heteroatoms. The number of aromatic nitrogens is 1. The molecule has 0 amide bonds. The highest BCUT2D eigenvalue weighted by atomic mass is 32.1. The topological polar surface area (TPSA) is 117 Å². The third-order valence-electron chi connectivity index (χ3n) is 5.47. The number of alkyl halides is 3. The molecule has 1 aliphatic rings. The molecule has 1 fully saturated rings. The summed E-state index contributed by atoms with van der Waals surface area (Å²) in [6.07, 6.45) is -6.05. The highest BCUT2D eigenvalue weighted by Gasteiger charge is 2.43. The maximum absolute atomic E-state index is 13.1. The molecule has 1 aliphatic heterocycles. The number of nitro benzene ring substituents is 1. The van der Waals surface area contributed by atoms with Gasteiger partial charge in [-0.1, -0.05) is 41.7 Å². The highest BCUT2D eigenvalue weighted by Crippen LogP contribution is 2.40. The molecule has 1 aromatic heterocycles. The monoisotopic (exact) mass is 467 g/mol. The zero-order chi connectivity index (χ0) is 23.3. The lowest BCUT2D eigenvalue weighted by molar-refractivity contribution is -0.383. The van der Waals surface area contributed by atoms with Crippen molar-refractivity contribution in [3.05, 3.63) is 74.1 Å². The fourth-order valence-corrected chi connectivity index (χ4v) is 4.84. The predicted molar refractivity (Wildman–Crippen MR) is 111 cm³/mol. The fraction of sp³-hybridized carbons (Fsp3) is 0.300. The summed E-state index contributed by atoms with van der Waals surface area (Å²) in [5.41, 5.74) is -4.22. The average molecular weight is 467 g/mol. The summed E-state index contributed by atoms with van der Waals surface area (Å²) < 4.78 is 39.1. The zero-order valence-corrected chi connectivity index (χ0v) is 17.1. The van der Waals surface area contributed by atoms with Gasteiger partial charge in [-0.25, -0.2) is 0 Å². The van der Waals surface area contributed by atoms with Gasteiger partial charge in [0.1, 0.15) is 16.4 Å². The number of fused-ring (bicyclic) bond motifs is 1. The van der Waals surface area contributed by atoms with Crippen LogP contribution in [0.4, 0.5) is 24.0 Å². The van der Waals surface area contributed by atoms with Crippen molar-refractivity contribution in [2.75, 3.05) is 18.0 Å². The molecule has 0 unspecified atom stereocenters. The van der Waals surface area contributed by atoms with Crippen molar-refractivity contribution in [1.29, 1.82) is 0 Å². The zero-order valence-electron chi connectivity index (χ0n) is 16.2. The first kappa shape index (κ1) is 22.1. The van der Waals surface area contributed by atoms with Crippen LogP contribution in [-0.4, -0.2) is 39.3 Å². The average Bonchev–Trinajstić information content (AvgIpc) is 2.74. The van der Waals surface area contributed by atoms with E-state index in [4.69, 9.17) is 0 Å². The molecule has 0 bridgehead atoms. The van der Waals surface area contributed by atoms with Gasteiger partial charge in [-0.3, -0.25) is 14.9 Å². The minimum atomic E-state index is -4.87. The van der Waals surface area contributed by atoms with Crippen molar-refractivity contribution in [2.24, 2.45) is 0 Å². The van der Waals surface area contributed by atoms with Gasteiger partial charge in [-0.05, 0) is 11.6 Å². The molecule has 2 atom stereocenters. The second-order valence-corrected chi connectivity index (χ2v) is 8.41. The summed E-state index contributed by atoms with van der Waals surface area (Å²) in [6.45, 7) is 0.0274. The Labute approximate surface area is 182 Å². The van der Waals surface area contributed by atoms with E-state index in [9.17, 15) is 38.3 Å². The molecule has 1 saturated heterocycles. The molecule has 2 heterocycles. The number of hydrogen-bond donors (Lipinski definition) is 2. The van der Waals surface area contributed by atoms with Crippen LogP contribution in [-0.2, 0) is 11.8 Å². The second-order valence-electron chi connectivity index (χ2n) is 7.43. The van der Waals surface area contributed by atoms with E-state index in [1.165, 1.54) is 4.90 Å². The van der Waals surface area contributed by atoms with Crippen molar-refractivity contribution >= 4 is 32.2 Å². The lowest BCUT2D eigenvalue weighted by Crippen LogP contribution is -2.53. The molecule has 8 nitrogen and oxygen atoms in total. The number of piperidine rings is 1. The van der Waals surface area contributed by atoms with Crippen LogP contribution in [0.2, 0.25) is 0 Å². The number of aliphatic hydroxyl groups is 2. The number of rotatable bonds is 3. The summed E-state index contributed by atoms with van der Waals surface area (Å²) in [7, 11) is 0. The van der Waals surface area contributed by atoms with Crippen molar-refractivity contribution in [2.45, 2.75) is 24.3 Å². The van der Waals surface area contributed by atoms with Gasteiger partial charge in [0.25, 0.3) is 11.2 Å². The van der Waals surface area contributed by atoms with Crippen molar-refractivity contribution in [3.63, 3.8) is 0 Å². The molecule has 4 rings (SSSR count). The van der Waals surface area contributed by atoms with Crippen LogP contribution in [0.15, 0.2) is 47.3 Å². The lowest BCUT2D eigenvalue weighted by Gasteiger charge is -2.42. The smallest absolute Gasteiger partial charge is 0.388 e. The standard InChI is InChI=1S/C20H16F3N3O5S/c21-20(22,23)12-8-13-16(14(9-12)26(30)31)32-18(24-17(13)28)25-7-6-19(29,15(27)10-25)11-4-2-1-3-5-11/h1-5,8-9,15,27,29H,6-7,10H2/t15-,19-/m1/s1. The number of halogens is 3. The minimum absolute atomic E-state index is 0.0134. The number of non-ortho nitro benzene ring substituents is 1. The number of anilines is 1. The van der Waals surface area contributed by atoms with Crippen molar-refractivity contribution in [1.82, 2.24) is 4.98 Å². The molecule has 0 aliphatic carbocycles. The third-order valence-corrected chi connectivity index (χ3v) is 6.63. The molecular formula is C20H16F3N3O5S. The van der Waals surface area contributed by atoms with Gasteiger partial charge in [0.05, 0.1) is 15.9 Å². The quantitative estimate of drug-likeness (QED) is 0.449. The van der Waals surface area contributed by atoms with E-state index in [1.807, 2.05) is 0 Å². The van der Waals surface area contributed by atoms with Gasteiger partial charge in [0.2, 0.25) is 0 Å². The van der Waals surface area contributed by atoms with Gasteiger partial charge < -0.3 is 15.1 Å². The summed E-state index contributed by atoms with van der Waals surface area (Å²) in [5.74, 6) is 0. The van der Waals surface area contributed by atoms with E-state index in [0.29, 0.717) is 29.0 Å². The Balaban J connectivity index is 1.74. The number of β-amino-alcohol motifs (C(OH)–C–C–N with tert-alkyl or cyclic N) is 1. The van der Waals surface area contributed by atoms with Gasteiger partial charge >= 0.3 is 6.18 Å². The summed E-state index contributed by atoms with van der Waals surface area (Å²) >= 11 is 0.693. The number of nitro groups is 1. The van der Waals surface area contributed by atoms with Crippen LogP contribution < -0.4 is 10.5 Å². The third kappa shape index (κ3) is 3.80. The fourth-order valence-electron chi connectivity index (χ4n) is 3.74. The summed E-state index contributed by atoms with van der Waals surface area (Å²) in [5, 5.41) is 32.5. The Morgan fingerprint density at radius 3 is 2.53 bits per heavy atom. The summed E-state index contributed by atoms with van der Waals surface area (Å²) in [6, 6.07) is 9.50. The Hall–Kier alpha value is -3.09. The van der Waals surface area contributed by atoms with E-state index >= 15 is 0 Å². The first-order valence-electron chi connectivity index (χ1n) is 9.42. The molecular weight excluding hydrogens is 451 g/mol. The predicted octanol–water partition coefficient (Wildman–Crippen LogP) is 3.04. The van der Waals surface area contributed by atoms with Crippen molar-refractivity contribution < 1.29 is 28.3 Å². The molecule has 32 heavy (non-hydrogen) atoms. The molecule has 0 spiro atoms. The Morgan fingerprint density at radius 1 is 1.25 bits per heavy atom. The Morgan fingerprint density at radius 2 is 1.94 bits per heavy atom. The molecule has 2 aromatic carbocycles. The SMILES string of the molecule is O=c1nc(N2CC[C@@](O)(c3ccccc3)[C@H](O)C2)sc2c([N+](=O)[O-])cc(C(F)(F)F)cc12. The van der Waals surface area contributed by atoms with E-state index < -0.39 is 45.0 Å². The lowest BCUT2D eigenvalue weighted by atomic mass is 9.82. The van der Waals surface area contributed by atoms with Crippen LogP contribution in [0, 0.1) is 10.1 Å². The van der Waals surface area contributed by atoms with Crippen LogP contribution in [0.1, 0.15) is 17.5 Å². The molecule has 168 valence electrons. The molecule has 0 radical (unpaired) electrons. The first-order chi connectivity index (χ1) is 15.0. The second kappa shape index (κ2) is 7.80. The molecule has 2 N–H and O–H groups in total. The molecule has 0 saturated carbocycles. The number of nitrogens with zero attached hydrogens (tertiary/aromatic N) is 3. The van der Waals surface area contributed by atoms with E-state index in [2.05, 4.69) is 4.98 Å². The first-order valence-corrected chi connectivity index (χ1v) is 10.2. The van der Waals surface area contributed by atoms with Crippen LogP contribution in [0.5, 0.6) is 0 Å². The Bertz CT molecular complexity index is 1250. The maximum atomic E-state index is 13.1. The van der Waals surface area contributed by atoms with Gasteiger partial charge in [0, 0.05) is 25.6 Å². The highest BCUT2D eigenvalue weighted by molar-refractivity contribution is 7.22. The van der Waals surface area contributed by atoms with Gasteiger partial charge in [0.15, 0.2) is 5.13 Å². The van der Waals surface area contributed by atoms with Gasteiger partial charge in [-0.15, -0.1) is 0 Å². The maximum Gasteiger partial charge on any atom is 0.416 e. The van der Waals surface area contributed by atoms with E-state index in [0.717, 1.165) is 0 Å². The van der Waals surface area contributed by atoms with Gasteiger partial charge in [-0.2, -0.15) is 18.2 Å². The largest absolute Gasteiger partial charge is 0.416 e. The number of aliphatic hydroxyl groups excluding tert-OH is 1. The van der Waals surface area contributed by atoms with Crippen LogP contribution in [0.3, 0.4) is 0 Å². The number of hydrogen-bond acceptors (Lipinski definition) is 8. The Kier molecular flexibility index (Phi) is 5.39. The van der Waals surface area contributed by atoms with Crippen LogP contribution >= 0.6 is 11.3 Å². The van der Waals surface area contributed by atoms with E-state index in [1.54, 1.807) is 30.3 Å². The summed E-state index contributed by atoms with van der Waals surface area (Å²) in [4.78, 5) is 28.2. The van der Waals surface area contributed by atoms with Crippen molar-refractivity contribution in [3.8, 4) is 0 Å². The van der Waals surface area contributed by atoms with E-state index in [-0.39, 0.29) is 29.3 Å². The molecule has 3 aromatic rings. The normalized spacial score (nSPS) is 21.7.